The van der Waals surface area contributed by atoms with Gasteiger partial charge in [0.2, 0.25) is 0 Å². The molecule has 1 aromatic heterocycles. The van der Waals surface area contributed by atoms with Crippen LogP contribution in [-0.4, -0.2) is 17.0 Å². The van der Waals surface area contributed by atoms with E-state index in [9.17, 15) is 0 Å². The zero-order chi connectivity index (χ0) is 14.9. The van der Waals surface area contributed by atoms with E-state index in [0.29, 0.717) is 27.4 Å². The van der Waals surface area contributed by atoms with Crippen molar-refractivity contribution in [2.45, 2.75) is 13.8 Å². The molecule has 0 amide bonds. The summed E-state index contributed by atoms with van der Waals surface area (Å²) in [4.78, 5) is 8.71. The Bertz CT molecular complexity index is 661. The summed E-state index contributed by atoms with van der Waals surface area (Å²) in [6, 6.07) is 3.67. The highest BCUT2D eigenvalue weighted by molar-refractivity contribution is 9.10. The maximum absolute atomic E-state index is 6.23. The molecule has 2 N–H and O–H groups in total. The van der Waals surface area contributed by atoms with Gasteiger partial charge in [-0.05, 0) is 41.9 Å². The quantitative estimate of drug-likeness (QED) is 0.745. The van der Waals surface area contributed by atoms with Crippen LogP contribution < -0.4 is 10.6 Å². The summed E-state index contributed by atoms with van der Waals surface area (Å²) < 4.78 is 0.751. The molecule has 4 nitrogen and oxygen atoms in total. The summed E-state index contributed by atoms with van der Waals surface area (Å²) in [5.74, 6) is 2.14. The van der Waals surface area contributed by atoms with Crippen LogP contribution in [0.25, 0.3) is 0 Å². The van der Waals surface area contributed by atoms with E-state index in [2.05, 4.69) is 36.5 Å². The minimum Gasteiger partial charge on any atom is -0.373 e. The lowest BCUT2D eigenvalue weighted by Gasteiger charge is -2.14. The second-order valence-electron chi connectivity index (χ2n) is 4.19. The zero-order valence-corrected chi connectivity index (χ0v) is 14.3. The minimum absolute atomic E-state index is 0.447. The van der Waals surface area contributed by atoms with Crippen LogP contribution in [0.3, 0.4) is 0 Å². The summed E-state index contributed by atoms with van der Waals surface area (Å²) in [7, 11) is 1.82. The largest absolute Gasteiger partial charge is 0.373 e. The average Bonchev–Trinajstić information content (AvgIpc) is 2.42. The Balaban J connectivity index is 2.45. The van der Waals surface area contributed by atoms with Crippen LogP contribution in [-0.2, 0) is 0 Å². The second-order valence-corrected chi connectivity index (χ2v) is 5.80. The minimum atomic E-state index is 0.447. The molecule has 0 aliphatic carbocycles. The average molecular weight is 376 g/mol. The second kappa shape index (κ2) is 6.16. The van der Waals surface area contributed by atoms with Crippen molar-refractivity contribution in [2.24, 2.45) is 0 Å². The lowest BCUT2D eigenvalue weighted by Crippen LogP contribution is -2.05. The number of anilines is 3. The van der Waals surface area contributed by atoms with Crippen molar-refractivity contribution >= 4 is 56.5 Å². The van der Waals surface area contributed by atoms with E-state index < -0.39 is 0 Å². The van der Waals surface area contributed by atoms with Gasteiger partial charge in [-0.1, -0.05) is 23.2 Å². The first-order chi connectivity index (χ1) is 9.43. The molecule has 0 atom stereocenters. The summed E-state index contributed by atoms with van der Waals surface area (Å²) in [6.07, 6.45) is 0. The van der Waals surface area contributed by atoms with Crippen molar-refractivity contribution < 1.29 is 0 Å². The van der Waals surface area contributed by atoms with Gasteiger partial charge < -0.3 is 10.6 Å². The first-order valence-electron chi connectivity index (χ1n) is 5.87. The molecule has 0 fully saturated rings. The number of aromatic nitrogens is 2. The third-order valence-electron chi connectivity index (χ3n) is 2.78. The molecular weight excluding hydrogens is 363 g/mol. The molecule has 0 unspecified atom stereocenters. The highest BCUT2D eigenvalue weighted by Crippen LogP contribution is 2.37. The smallest absolute Gasteiger partial charge is 0.139 e. The molecule has 0 saturated carbocycles. The number of benzene rings is 1. The number of rotatable bonds is 3. The van der Waals surface area contributed by atoms with Crippen LogP contribution in [0, 0.1) is 13.8 Å². The number of halogens is 3. The van der Waals surface area contributed by atoms with Crippen molar-refractivity contribution in [3.05, 3.63) is 38.0 Å². The Morgan fingerprint density at radius 2 is 1.70 bits per heavy atom. The molecule has 2 rings (SSSR count). The normalized spacial score (nSPS) is 10.5. The van der Waals surface area contributed by atoms with Crippen molar-refractivity contribution in [1.29, 1.82) is 0 Å². The molecule has 1 aromatic carbocycles. The van der Waals surface area contributed by atoms with E-state index in [4.69, 9.17) is 23.2 Å². The lowest BCUT2D eigenvalue weighted by molar-refractivity contribution is 1.04. The van der Waals surface area contributed by atoms with E-state index in [-0.39, 0.29) is 0 Å². The van der Waals surface area contributed by atoms with Gasteiger partial charge in [0.05, 0.1) is 15.7 Å². The van der Waals surface area contributed by atoms with Crippen molar-refractivity contribution in [3.8, 4) is 0 Å². The first-order valence-corrected chi connectivity index (χ1v) is 7.42. The van der Waals surface area contributed by atoms with Crippen LogP contribution >= 0.6 is 39.1 Å². The molecule has 0 bridgehead atoms. The van der Waals surface area contributed by atoms with E-state index in [1.54, 1.807) is 0 Å². The fourth-order valence-electron chi connectivity index (χ4n) is 1.74. The Morgan fingerprint density at radius 1 is 1.05 bits per heavy atom. The molecule has 20 heavy (non-hydrogen) atoms. The summed E-state index contributed by atoms with van der Waals surface area (Å²) in [5, 5.41) is 7.15. The predicted octanol–water partition coefficient (Wildman–Crippen LogP) is 4.95. The monoisotopic (exact) mass is 374 g/mol. The number of nitrogens with one attached hydrogen (secondary N) is 2. The van der Waals surface area contributed by atoms with Crippen LogP contribution in [0.15, 0.2) is 16.6 Å². The summed E-state index contributed by atoms with van der Waals surface area (Å²) in [5.41, 5.74) is 1.61. The Morgan fingerprint density at radius 3 is 2.35 bits per heavy atom. The maximum atomic E-state index is 6.23. The van der Waals surface area contributed by atoms with E-state index in [1.807, 2.05) is 33.0 Å². The van der Waals surface area contributed by atoms with E-state index in [1.165, 1.54) is 0 Å². The van der Waals surface area contributed by atoms with Crippen molar-refractivity contribution in [1.82, 2.24) is 9.97 Å². The summed E-state index contributed by atoms with van der Waals surface area (Å²) >= 11 is 15.7. The molecule has 2 aromatic rings. The van der Waals surface area contributed by atoms with Gasteiger partial charge in [0.25, 0.3) is 0 Å². The van der Waals surface area contributed by atoms with Gasteiger partial charge in [0.1, 0.15) is 17.5 Å². The molecule has 0 aliphatic heterocycles. The van der Waals surface area contributed by atoms with Gasteiger partial charge in [-0.2, -0.15) is 0 Å². The van der Waals surface area contributed by atoms with E-state index in [0.717, 1.165) is 15.9 Å². The Kier molecular flexibility index (Phi) is 4.73. The third kappa shape index (κ3) is 3.00. The molecule has 106 valence electrons. The predicted molar refractivity (Wildman–Crippen MR) is 88.5 cm³/mol. The standard InChI is InChI=1S/C13H13BrCl2N4/c1-6-12(17-3)18-7(2)19-13(6)20-9-5-4-8(14)10(15)11(9)16/h4-5H,1-3H3,(H2,17,18,19,20). The highest BCUT2D eigenvalue weighted by atomic mass is 79.9. The zero-order valence-electron chi connectivity index (χ0n) is 11.2. The van der Waals surface area contributed by atoms with Gasteiger partial charge in [0, 0.05) is 17.1 Å². The van der Waals surface area contributed by atoms with Crippen molar-refractivity contribution in [3.63, 3.8) is 0 Å². The van der Waals surface area contributed by atoms with Gasteiger partial charge in [-0.25, -0.2) is 9.97 Å². The topological polar surface area (TPSA) is 49.8 Å². The van der Waals surface area contributed by atoms with Crippen LogP contribution in [0.4, 0.5) is 17.3 Å². The number of hydrogen-bond acceptors (Lipinski definition) is 4. The summed E-state index contributed by atoms with van der Waals surface area (Å²) in [6.45, 7) is 3.77. The van der Waals surface area contributed by atoms with Gasteiger partial charge in [-0.3, -0.25) is 0 Å². The SMILES string of the molecule is CNc1nc(C)nc(Nc2ccc(Br)c(Cl)c2Cl)c1C. The fraction of sp³-hybridized carbons (Fsp3) is 0.231. The highest BCUT2D eigenvalue weighted by Gasteiger charge is 2.12. The Hall–Kier alpha value is -1.04. The van der Waals surface area contributed by atoms with Crippen LogP contribution in [0.5, 0.6) is 0 Å². The number of hydrogen-bond donors (Lipinski definition) is 2. The molecule has 0 aliphatic rings. The molecule has 1 heterocycles. The van der Waals surface area contributed by atoms with Gasteiger partial charge in [0.15, 0.2) is 0 Å². The molecular formula is C13H13BrCl2N4. The molecule has 0 saturated heterocycles. The number of nitrogens with zero attached hydrogens (tertiary/aromatic N) is 2. The number of aryl methyl sites for hydroxylation is 1. The van der Waals surface area contributed by atoms with Crippen molar-refractivity contribution in [2.75, 3.05) is 17.7 Å². The van der Waals surface area contributed by atoms with Crippen LogP contribution in [0.2, 0.25) is 10.0 Å². The van der Waals surface area contributed by atoms with E-state index >= 15 is 0 Å². The van der Waals surface area contributed by atoms with Crippen LogP contribution in [0.1, 0.15) is 11.4 Å². The fourth-order valence-corrected chi connectivity index (χ4v) is 2.56. The Labute approximate surface area is 136 Å². The molecule has 0 radical (unpaired) electrons. The van der Waals surface area contributed by atoms with Gasteiger partial charge >= 0.3 is 0 Å². The maximum Gasteiger partial charge on any atom is 0.139 e. The molecule has 0 spiro atoms. The molecule has 7 heteroatoms. The third-order valence-corrected chi connectivity index (χ3v) is 4.55. The van der Waals surface area contributed by atoms with Gasteiger partial charge in [-0.15, -0.1) is 0 Å². The lowest BCUT2D eigenvalue weighted by atomic mass is 10.2. The first kappa shape index (κ1) is 15.4.